The Kier molecular flexibility index (Phi) is 15.5. The predicted octanol–water partition coefficient (Wildman–Crippen LogP) is -1.69. The van der Waals surface area contributed by atoms with Crippen molar-refractivity contribution in [2.24, 2.45) is 4.99 Å². The third-order valence-electron chi connectivity index (χ3n) is 0.436. The molecule has 0 amide bonds. The summed E-state index contributed by atoms with van der Waals surface area (Å²) in [4.78, 5) is 3.59. The molecule has 0 saturated heterocycles. The molecule has 0 aromatic rings. The van der Waals surface area contributed by atoms with E-state index in [1.165, 1.54) is 0 Å². The van der Waals surface area contributed by atoms with Gasteiger partial charge in [0.25, 0.3) is 0 Å². The molecule has 0 saturated carbocycles. The topological polar surface area (TPSA) is 12.4 Å². The summed E-state index contributed by atoms with van der Waals surface area (Å²) in [6, 6.07) is 0. The van der Waals surface area contributed by atoms with E-state index >= 15 is 0 Å². The van der Waals surface area contributed by atoms with Crippen molar-refractivity contribution in [1.82, 2.24) is 0 Å². The normalized spacial score (nSPS) is 9.62. The molecule has 0 aromatic heterocycles. The largest absolute Gasteiger partial charge is 1.00 e. The molecule has 0 rings (SSSR count). The molecule has 38 valence electrons. The van der Waals surface area contributed by atoms with Crippen molar-refractivity contribution in [3.8, 4) is 0 Å². The van der Waals surface area contributed by atoms with Crippen LogP contribution in [0.3, 0.4) is 0 Å². The minimum atomic E-state index is 0. The molecule has 2 heteroatoms. The smallest absolute Gasteiger partial charge is 0.399 e. The van der Waals surface area contributed by atoms with Crippen LogP contribution in [0.15, 0.2) is 29.8 Å². The molecule has 8 heavy (non-hydrogen) atoms. The SMILES string of the molecule is C=C/C=C\[C-]=NC.[K+]. The van der Waals surface area contributed by atoms with Crippen molar-refractivity contribution in [3.05, 3.63) is 24.8 Å². The number of rotatable bonds is 2. The van der Waals surface area contributed by atoms with E-state index in [0.717, 1.165) is 0 Å². The van der Waals surface area contributed by atoms with Gasteiger partial charge in [-0.15, -0.1) is 6.58 Å². The first-order chi connectivity index (χ1) is 3.41. The van der Waals surface area contributed by atoms with Gasteiger partial charge in [-0.1, -0.05) is 0 Å². The van der Waals surface area contributed by atoms with Crippen molar-refractivity contribution < 1.29 is 51.4 Å². The molecule has 0 heterocycles. The molecule has 0 spiro atoms. The van der Waals surface area contributed by atoms with E-state index < -0.39 is 0 Å². The average Bonchev–Trinajstić information content (AvgIpc) is 1.69. The molecule has 0 N–H and O–H groups in total. The first-order valence-electron chi connectivity index (χ1n) is 2.03. The zero-order valence-corrected chi connectivity index (χ0v) is 8.51. The number of aliphatic imine (C=N–C) groups is 1. The summed E-state index contributed by atoms with van der Waals surface area (Å²) in [6.45, 7) is 3.46. The standard InChI is InChI=1S/C6H8N.K/c1-3-4-5-6-7-2;/h3-5H,1H2,2H3;/q-1;+1/b5-4-;. The molecule has 0 aliphatic carbocycles. The van der Waals surface area contributed by atoms with Crippen LogP contribution in [0.4, 0.5) is 0 Å². The maximum absolute atomic E-state index is 3.59. The summed E-state index contributed by atoms with van der Waals surface area (Å²) in [5, 5.41) is 0. The van der Waals surface area contributed by atoms with Crippen LogP contribution < -0.4 is 51.4 Å². The summed E-state index contributed by atoms with van der Waals surface area (Å²) >= 11 is 0. The molecule has 0 fully saturated rings. The van der Waals surface area contributed by atoms with Crippen molar-refractivity contribution in [2.45, 2.75) is 0 Å². The number of allylic oxidation sites excluding steroid dienone is 3. The molecule has 0 aliphatic rings. The molecule has 0 aromatic carbocycles. The van der Waals surface area contributed by atoms with Gasteiger partial charge in [0.05, 0.1) is 0 Å². The van der Waals surface area contributed by atoms with E-state index in [-0.39, 0.29) is 51.4 Å². The fourth-order valence-electron chi connectivity index (χ4n) is 0.186. The minimum Gasteiger partial charge on any atom is -0.399 e. The van der Waals surface area contributed by atoms with Crippen LogP contribution in [0.2, 0.25) is 0 Å². The Labute approximate surface area is 93.0 Å². The van der Waals surface area contributed by atoms with E-state index in [1.54, 1.807) is 25.3 Å². The Balaban J connectivity index is 0. The second kappa shape index (κ2) is 10.7. The van der Waals surface area contributed by atoms with Gasteiger partial charge < -0.3 is 4.99 Å². The summed E-state index contributed by atoms with van der Waals surface area (Å²) in [6.07, 6.45) is 7.77. The summed E-state index contributed by atoms with van der Waals surface area (Å²) in [7, 11) is 1.67. The van der Waals surface area contributed by atoms with Crippen LogP contribution in [-0.4, -0.2) is 13.3 Å². The van der Waals surface area contributed by atoms with Crippen molar-refractivity contribution in [3.63, 3.8) is 0 Å². The molecule has 0 unspecified atom stereocenters. The maximum Gasteiger partial charge on any atom is 1.00 e. The Bertz CT molecular complexity index is 94.7. The zero-order chi connectivity index (χ0) is 5.54. The number of hydrogen-bond donors (Lipinski definition) is 0. The Morgan fingerprint density at radius 1 is 1.62 bits per heavy atom. The Hall–Kier alpha value is 0.786. The molecular formula is C6H8KN. The molecule has 0 radical (unpaired) electrons. The molecular weight excluding hydrogens is 125 g/mol. The van der Waals surface area contributed by atoms with Gasteiger partial charge in [-0.25, -0.2) is 12.2 Å². The van der Waals surface area contributed by atoms with Gasteiger partial charge in [-0.3, -0.25) is 0 Å². The van der Waals surface area contributed by atoms with Gasteiger partial charge in [-0.2, -0.15) is 12.3 Å². The van der Waals surface area contributed by atoms with Crippen molar-refractivity contribution in [1.29, 1.82) is 0 Å². The van der Waals surface area contributed by atoms with E-state index in [2.05, 4.69) is 17.8 Å². The van der Waals surface area contributed by atoms with Crippen LogP contribution >= 0.6 is 0 Å². The molecule has 1 nitrogen and oxygen atoms in total. The van der Waals surface area contributed by atoms with Gasteiger partial charge >= 0.3 is 51.4 Å². The molecule has 0 atom stereocenters. The van der Waals surface area contributed by atoms with E-state index in [9.17, 15) is 0 Å². The predicted molar refractivity (Wildman–Crippen MR) is 32.7 cm³/mol. The second-order valence-corrected chi connectivity index (χ2v) is 0.948. The third kappa shape index (κ3) is 9.92. The van der Waals surface area contributed by atoms with Gasteiger partial charge in [0.1, 0.15) is 0 Å². The fourth-order valence-corrected chi connectivity index (χ4v) is 0.186. The van der Waals surface area contributed by atoms with Crippen molar-refractivity contribution >= 4 is 6.21 Å². The quantitative estimate of drug-likeness (QED) is 0.184. The zero-order valence-electron chi connectivity index (χ0n) is 5.39. The Morgan fingerprint density at radius 2 is 2.25 bits per heavy atom. The van der Waals surface area contributed by atoms with Crippen LogP contribution in [0, 0.1) is 0 Å². The van der Waals surface area contributed by atoms with Crippen LogP contribution in [-0.2, 0) is 0 Å². The number of hydrogen-bond acceptors (Lipinski definition) is 1. The first-order valence-corrected chi connectivity index (χ1v) is 2.03. The third-order valence-corrected chi connectivity index (χ3v) is 0.436. The van der Waals surface area contributed by atoms with E-state index in [4.69, 9.17) is 0 Å². The summed E-state index contributed by atoms with van der Waals surface area (Å²) in [5.41, 5.74) is 0. The summed E-state index contributed by atoms with van der Waals surface area (Å²) in [5.74, 6) is 0. The second-order valence-electron chi connectivity index (χ2n) is 0.948. The van der Waals surface area contributed by atoms with Crippen LogP contribution in [0.25, 0.3) is 0 Å². The minimum absolute atomic E-state index is 0. The van der Waals surface area contributed by atoms with Gasteiger partial charge in [-0.05, 0) is 0 Å². The van der Waals surface area contributed by atoms with Gasteiger partial charge in [0, 0.05) is 7.05 Å². The van der Waals surface area contributed by atoms with E-state index in [1.807, 2.05) is 0 Å². The van der Waals surface area contributed by atoms with Crippen LogP contribution in [0.5, 0.6) is 0 Å². The molecule has 0 aliphatic heterocycles. The van der Waals surface area contributed by atoms with Gasteiger partial charge in [0.15, 0.2) is 0 Å². The van der Waals surface area contributed by atoms with E-state index in [0.29, 0.717) is 0 Å². The van der Waals surface area contributed by atoms with Gasteiger partial charge in [0.2, 0.25) is 0 Å². The first kappa shape index (κ1) is 11.6. The monoisotopic (exact) mass is 133 g/mol. The summed E-state index contributed by atoms with van der Waals surface area (Å²) < 4.78 is 0. The fraction of sp³-hybridized carbons (Fsp3) is 0.167. The molecule has 0 bridgehead atoms. The number of nitrogens with zero attached hydrogens (tertiary/aromatic N) is 1. The maximum atomic E-state index is 3.59. The van der Waals surface area contributed by atoms with Crippen LogP contribution in [0.1, 0.15) is 0 Å². The average molecular weight is 133 g/mol. The van der Waals surface area contributed by atoms with Crippen molar-refractivity contribution in [2.75, 3.05) is 7.05 Å². The Morgan fingerprint density at radius 3 is 2.62 bits per heavy atom.